The Morgan fingerprint density at radius 1 is 1.45 bits per heavy atom. The summed E-state index contributed by atoms with van der Waals surface area (Å²) < 4.78 is 26.9. The van der Waals surface area contributed by atoms with Gasteiger partial charge in [0.25, 0.3) is 10.0 Å². The lowest BCUT2D eigenvalue weighted by molar-refractivity contribution is -0.149. The van der Waals surface area contributed by atoms with Crippen molar-refractivity contribution in [2.45, 2.75) is 24.3 Å². The third-order valence-corrected chi connectivity index (χ3v) is 5.29. The van der Waals surface area contributed by atoms with Gasteiger partial charge in [0.05, 0.1) is 7.11 Å². The first-order valence-electron chi connectivity index (χ1n) is 6.87. The molecular formula is C13H18BrN3O4S. The number of sulfonamides is 1. The van der Waals surface area contributed by atoms with Crippen molar-refractivity contribution in [1.29, 1.82) is 0 Å². The van der Waals surface area contributed by atoms with Gasteiger partial charge in [-0.2, -0.15) is 13.5 Å². The van der Waals surface area contributed by atoms with Crippen LogP contribution in [0, 0.1) is 5.92 Å². The van der Waals surface area contributed by atoms with Crippen molar-refractivity contribution in [3.05, 3.63) is 22.8 Å². The molecule has 0 spiro atoms. The van der Waals surface area contributed by atoms with Gasteiger partial charge in [0.1, 0.15) is 0 Å². The second kappa shape index (κ2) is 7.49. The number of piperidine rings is 1. The van der Waals surface area contributed by atoms with E-state index in [1.807, 2.05) is 5.06 Å². The molecule has 22 heavy (non-hydrogen) atoms. The number of amides is 1. The summed E-state index contributed by atoms with van der Waals surface area (Å²) >= 11 is 3.18. The Labute approximate surface area is 138 Å². The van der Waals surface area contributed by atoms with E-state index < -0.39 is 15.9 Å². The van der Waals surface area contributed by atoms with Crippen LogP contribution in [0.15, 0.2) is 27.8 Å². The molecule has 0 aliphatic carbocycles. The molecule has 0 bridgehead atoms. The molecule has 1 N–H and O–H groups in total. The van der Waals surface area contributed by atoms with Crippen molar-refractivity contribution in [2.24, 2.45) is 5.92 Å². The molecule has 1 aliphatic rings. The number of hydroxylamine groups is 2. The van der Waals surface area contributed by atoms with Crippen molar-refractivity contribution >= 4 is 31.9 Å². The lowest BCUT2D eigenvalue weighted by Crippen LogP contribution is -2.37. The molecule has 1 saturated heterocycles. The number of nitrogens with one attached hydrogen (secondary N) is 1. The van der Waals surface area contributed by atoms with Crippen molar-refractivity contribution in [2.75, 3.05) is 20.2 Å². The molecule has 1 aliphatic heterocycles. The average molecular weight is 392 g/mol. The van der Waals surface area contributed by atoms with E-state index in [2.05, 4.69) is 25.6 Å². The third kappa shape index (κ3) is 4.73. The van der Waals surface area contributed by atoms with Gasteiger partial charge in [0.2, 0.25) is 5.91 Å². The number of aromatic nitrogens is 1. The number of rotatable bonds is 5. The van der Waals surface area contributed by atoms with E-state index in [1.165, 1.54) is 12.3 Å². The third-order valence-electron chi connectivity index (χ3n) is 3.53. The summed E-state index contributed by atoms with van der Waals surface area (Å²) in [5, 5.41) is 1.66. The summed E-state index contributed by atoms with van der Waals surface area (Å²) in [5.74, 6) is -0.333. The summed E-state index contributed by atoms with van der Waals surface area (Å²) in [6.07, 6.45) is 3.17. The van der Waals surface area contributed by atoms with Gasteiger partial charge in [0.15, 0.2) is 5.03 Å². The molecule has 1 amide bonds. The molecule has 122 valence electrons. The smallest absolute Gasteiger partial charge is 0.281 e. The maximum atomic E-state index is 12.1. The van der Waals surface area contributed by atoms with Gasteiger partial charge < -0.3 is 4.84 Å². The fraction of sp³-hybridized carbons (Fsp3) is 0.538. The zero-order valence-corrected chi connectivity index (χ0v) is 14.6. The summed E-state index contributed by atoms with van der Waals surface area (Å²) in [6, 6.07) is 2.91. The van der Waals surface area contributed by atoms with Crippen molar-refractivity contribution in [1.82, 2.24) is 14.8 Å². The van der Waals surface area contributed by atoms with E-state index in [-0.39, 0.29) is 17.4 Å². The number of halogens is 1. The number of nitrogens with zero attached hydrogens (tertiary/aromatic N) is 2. The Morgan fingerprint density at radius 3 is 2.68 bits per heavy atom. The molecule has 2 rings (SSSR count). The van der Waals surface area contributed by atoms with Crippen LogP contribution in [0.25, 0.3) is 0 Å². The first-order valence-corrected chi connectivity index (χ1v) is 9.14. The van der Waals surface area contributed by atoms with E-state index in [0.29, 0.717) is 4.47 Å². The minimum absolute atomic E-state index is 0.166. The van der Waals surface area contributed by atoms with E-state index in [0.717, 1.165) is 25.9 Å². The lowest BCUT2D eigenvalue weighted by atomic mass is 9.94. The first kappa shape index (κ1) is 17.3. The molecular weight excluding hydrogens is 374 g/mol. The Morgan fingerprint density at radius 2 is 2.14 bits per heavy atom. The molecule has 1 aromatic heterocycles. The Hall–Kier alpha value is -1.03. The quantitative estimate of drug-likeness (QED) is 0.813. The second-order valence-electron chi connectivity index (χ2n) is 5.10. The van der Waals surface area contributed by atoms with Gasteiger partial charge in [-0.05, 0) is 46.8 Å². The van der Waals surface area contributed by atoms with E-state index in [4.69, 9.17) is 4.84 Å². The topological polar surface area (TPSA) is 88.6 Å². The van der Waals surface area contributed by atoms with Gasteiger partial charge >= 0.3 is 0 Å². The summed E-state index contributed by atoms with van der Waals surface area (Å²) in [7, 11) is -2.29. The predicted octanol–water partition coefficient (Wildman–Crippen LogP) is 1.31. The van der Waals surface area contributed by atoms with Crippen LogP contribution < -0.4 is 4.72 Å². The highest BCUT2D eigenvalue weighted by atomic mass is 79.9. The molecule has 2 heterocycles. The highest BCUT2D eigenvalue weighted by Crippen LogP contribution is 2.20. The minimum Gasteiger partial charge on any atom is -0.302 e. The SMILES string of the molecule is CON1CCC(CC(=O)NS(=O)(=O)c2ccc(Br)cn2)CC1. The van der Waals surface area contributed by atoms with Gasteiger partial charge in [0, 0.05) is 30.2 Å². The molecule has 0 aromatic carbocycles. The molecule has 1 aromatic rings. The highest BCUT2D eigenvalue weighted by molar-refractivity contribution is 9.10. The van der Waals surface area contributed by atoms with Crippen LogP contribution in [0.1, 0.15) is 19.3 Å². The molecule has 7 nitrogen and oxygen atoms in total. The van der Waals surface area contributed by atoms with Crippen LogP contribution in [-0.4, -0.2) is 44.6 Å². The average Bonchev–Trinajstić information content (AvgIpc) is 2.48. The van der Waals surface area contributed by atoms with Crippen LogP contribution in [0.4, 0.5) is 0 Å². The molecule has 0 radical (unpaired) electrons. The molecule has 0 saturated carbocycles. The number of pyridine rings is 1. The van der Waals surface area contributed by atoms with Gasteiger partial charge in [-0.25, -0.2) is 9.71 Å². The summed E-state index contributed by atoms with van der Waals surface area (Å²) in [5.41, 5.74) is 0. The summed E-state index contributed by atoms with van der Waals surface area (Å²) in [6.45, 7) is 1.49. The van der Waals surface area contributed by atoms with Crippen molar-refractivity contribution in [3.8, 4) is 0 Å². The van der Waals surface area contributed by atoms with Crippen LogP contribution in [0.3, 0.4) is 0 Å². The molecule has 0 unspecified atom stereocenters. The largest absolute Gasteiger partial charge is 0.302 e. The second-order valence-corrected chi connectivity index (χ2v) is 7.65. The molecule has 0 atom stereocenters. The zero-order chi connectivity index (χ0) is 16.2. The first-order chi connectivity index (χ1) is 10.4. The fourth-order valence-electron chi connectivity index (χ4n) is 2.32. The zero-order valence-electron chi connectivity index (χ0n) is 12.2. The van der Waals surface area contributed by atoms with Crippen LogP contribution in [0.2, 0.25) is 0 Å². The summed E-state index contributed by atoms with van der Waals surface area (Å²) in [4.78, 5) is 20.9. The fourth-order valence-corrected chi connectivity index (χ4v) is 3.48. The van der Waals surface area contributed by atoms with Crippen LogP contribution in [0.5, 0.6) is 0 Å². The Balaban J connectivity index is 1.90. The van der Waals surface area contributed by atoms with E-state index >= 15 is 0 Å². The van der Waals surface area contributed by atoms with Crippen LogP contribution >= 0.6 is 15.9 Å². The Bertz CT molecular complexity index is 613. The van der Waals surface area contributed by atoms with Gasteiger partial charge in [-0.1, -0.05) is 0 Å². The van der Waals surface area contributed by atoms with Crippen LogP contribution in [-0.2, 0) is 19.7 Å². The van der Waals surface area contributed by atoms with Gasteiger partial charge in [-0.3, -0.25) is 4.79 Å². The predicted molar refractivity (Wildman–Crippen MR) is 83.2 cm³/mol. The van der Waals surface area contributed by atoms with Crippen molar-refractivity contribution in [3.63, 3.8) is 0 Å². The Kier molecular flexibility index (Phi) is 5.90. The maximum Gasteiger partial charge on any atom is 0.281 e. The van der Waals surface area contributed by atoms with E-state index in [9.17, 15) is 13.2 Å². The van der Waals surface area contributed by atoms with Crippen molar-refractivity contribution < 1.29 is 18.0 Å². The standard InChI is InChI=1S/C13H18BrN3O4S/c1-21-17-6-4-10(5-7-17)8-12(18)16-22(19,20)13-3-2-11(14)9-15-13/h2-3,9-10H,4-8H2,1H3,(H,16,18). The van der Waals surface area contributed by atoms with E-state index in [1.54, 1.807) is 13.2 Å². The minimum atomic E-state index is -3.91. The highest BCUT2D eigenvalue weighted by Gasteiger charge is 2.24. The number of carbonyl (C=O) groups excluding carboxylic acids is 1. The normalized spacial score (nSPS) is 17.4. The molecule has 1 fully saturated rings. The molecule has 9 heteroatoms. The number of hydrogen-bond donors (Lipinski definition) is 1. The van der Waals surface area contributed by atoms with Gasteiger partial charge in [-0.15, -0.1) is 0 Å². The number of carbonyl (C=O) groups is 1. The lowest BCUT2D eigenvalue weighted by Gasteiger charge is -2.29. The number of hydrogen-bond acceptors (Lipinski definition) is 6. The maximum absolute atomic E-state index is 12.1. The monoisotopic (exact) mass is 391 g/mol.